The number of nitrogen functional groups attached to an aromatic ring is 1. The molecule has 114 valence electrons. The maximum atomic E-state index is 12.8. The van der Waals surface area contributed by atoms with Gasteiger partial charge in [0.05, 0.1) is 5.52 Å². The van der Waals surface area contributed by atoms with Crippen LogP contribution in [0.2, 0.25) is 0 Å². The first-order valence-corrected chi connectivity index (χ1v) is 6.95. The average molecular weight is 307 g/mol. The summed E-state index contributed by atoms with van der Waals surface area (Å²) in [7, 11) is 0. The molecule has 0 aliphatic carbocycles. The monoisotopic (exact) mass is 307 g/mol. The van der Waals surface area contributed by atoms with Crippen LogP contribution in [-0.4, -0.2) is 10.9 Å². The Balaban J connectivity index is 2.00. The van der Waals surface area contributed by atoms with Gasteiger partial charge in [-0.05, 0) is 41.5 Å². The summed E-state index contributed by atoms with van der Waals surface area (Å²) >= 11 is 0. The first-order chi connectivity index (χ1) is 11.0. The summed E-state index contributed by atoms with van der Waals surface area (Å²) in [5, 5.41) is 3.31. The van der Waals surface area contributed by atoms with E-state index in [9.17, 15) is 9.18 Å². The maximum Gasteiger partial charge on any atom is 0.283 e. The molecule has 0 radical (unpaired) electrons. The number of benzene rings is 2. The van der Waals surface area contributed by atoms with Crippen LogP contribution in [0.15, 0.2) is 67.1 Å². The largest absolute Gasteiger partial charge is 0.398 e. The van der Waals surface area contributed by atoms with Gasteiger partial charge in [0.2, 0.25) is 0 Å². The molecule has 0 saturated carbocycles. The van der Waals surface area contributed by atoms with E-state index in [1.807, 2.05) is 24.3 Å². The van der Waals surface area contributed by atoms with Gasteiger partial charge in [-0.2, -0.15) is 0 Å². The lowest BCUT2D eigenvalue weighted by atomic mass is 10.0. The number of fused-ring (bicyclic) bond motifs is 1. The second kappa shape index (κ2) is 5.88. The lowest BCUT2D eigenvalue weighted by molar-refractivity contribution is -0.114. The van der Waals surface area contributed by atoms with Crippen LogP contribution in [0.4, 0.5) is 15.8 Å². The molecule has 3 N–H and O–H groups in total. The van der Waals surface area contributed by atoms with Crippen molar-refractivity contribution < 1.29 is 9.18 Å². The molecule has 3 aromatic rings. The zero-order chi connectivity index (χ0) is 16.4. The predicted octanol–water partition coefficient (Wildman–Crippen LogP) is 3.91. The number of carbonyl (C=O) groups is 1. The molecule has 5 heteroatoms. The minimum Gasteiger partial charge on any atom is -0.398 e. The number of rotatable bonds is 3. The van der Waals surface area contributed by atoms with Gasteiger partial charge in [0.25, 0.3) is 5.91 Å². The zero-order valence-electron chi connectivity index (χ0n) is 12.2. The van der Waals surface area contributed by atoms with Crippen molar-refractivity contribution in [2.45, 2.75) is 0 Å². The summed E-state index contributed by atoms with van der Waals surface area (Å²) in [6.45, 7) is 2.98. The molecule has 4 nitrogen and oxygen atoms in total. The van der Waals surface area contributed by atoms with Crippen LogP contribution >= 0.6 is 0 Å². The number of hydrogen-bond donors (Lipinski definition) is 2. The number of aromatic nitrogens is 1. The molecule has 1 heterocycles. The minimum absolute atomic E-state index is 0.491. The van der Waals surface area contributed by atoms with Gasteiger partial charge in [-0.25, -0.2) is 4.39 Å². The number of hydrogen-bond acceptors (Lipinski definition) is 3. The first kappa shape index (κ1) is 14.7. The molecule has 0 unspecified atom stereocenters. The third-order valence-corrected chi connectivity index (χ3v) is 3.48. The number of nitrogens with one attached hydrogen (secondary N) is 1. The molecule has 0 spiro atoms. The standard InChI is InChI=1S/C18H14FN3O/c1-11(19)18(23)22-14-4-2-3-12(9-14)13-5-6-17-15(10-13)16(20)7-8-21-17/h2-10H,1H2,(H2,20,21)(H,22,23). The molecule has 0 aliphatic heterocycles. The van der Waals surface area contributed by atoms with Crippen LogP contribution in [-0.2, 0) is 4.79 Å². The Labute approximate surface area is 132 Å². The van der Waals surface area contributed by atoms with E-state index in [0.29, 0.717) is 11.4 Å². The molecule has 23 heavy (non-hydrogen) atoms. The number of carbonyl (C=O) groups excluding carboxylic acids is 1. The van der Waals surface area contributed by atoms with Crippen molar-refractivity contribution in [1.82, 2.24) is 4.98 Å². The minimum atomic E-state index is -1.03. The van der Waals surface area contributed by atoms with Crippen molar-refractivity contribution in [3.8, 4) is 11.1 Å². The predicted molar refractivity (Wildman–Crippen MR) is 90.5 cm³/mol. The molecule has 0 aliphatic rings. The molecule has 0 saturated heterocycles. The van der Waals surface area contributed by atoms with E-state index < -0.39 is 11.7 Å². The van der Waals surface area contributed by atoms with Crippen molar-refractivity contribution in [3.05, 3.63) is 67.1 Å². The number of halogens is 1. The van der Waals surface area contributed by atoms with E-state index in [1.165, 1.54) is 0 Å². The Hall–Kier alpha value is -3.21. The molecule has 0 fully saturated rings. The van der Waals surface area contributed by atoms with Crippen molar-refractivity contribution in [2.75, 3.05) is 11.1 Å². The van der Waals surface area contributed by atoms with Gasteiger partial charge in [0, 0.05) is 23.0 Å². The quantitative estimate of drug-likeness (QED) is 0.721. The Morgan fingerprint density at radius 3 is 2.70 bits per heavy atom. The SMILES string of the molecule is C=C(F)C(=O)Nc1cccc(-c2ccc3nccc(N)c3c2)c1. The fourth-order valence-electron chi connectivity index (χ4n) is 2.32. The van der Waals surface area contributed by atoms with Crippen LogP contribution < -0.4 is 11.1 Å². The highest BCUT2D eigenvalue weighted by Gasteiger charge is 2.08. The van der Waals surface area contributed by atoms with E-state index in [4.69, 9.17) is 5.73 Å². The Bertz CT molecular complexity index is 921. The summed E-state index contributed by atoms with van der Waals surface area (Å²) in [4.78, 5) is 15.6. The molecule has 0 bridgehead atoms. The van der Waals surface area contributed by atoms with Crippen LogP contribution in [0.5, 0.6) is 0 Å². The van der Waals surface area contributed by atoms with Crippen molar-refractivity contribution in [2.24, 2.45) is 0 Å². The van der Waals surface area contributed by atoms with Crippen LogP contribution in [0, 0.1) is 0 Å². The van der Waals surface area contributed by atoms with Crippen molar-refractivity contribution in [3.63, 3.8) is 0 Å². The highest BCUT2D eigenvalue weighted by molar-refractivity contribution is 6.02. The van der Waals surface area contributed by atoms with Crippen LogP contribution in [0.25, 0.3) is 22.0 Å². The normalized spacial score (nSPS) is 10.5. The molecule has 2 aromatic carbocycles. The van der Waals surface area contributed by atoms with E-state index in [0.717, 1.165) is 22.0 Å². The van der Waals surface area contributed by atoms with Gasteiger partial charge >= 0.3 is 0 Å². The molecular formula is C18H14FN3O. The Morgan fingerprint density at radius 1 is 1.13 bits per heavy atom. The van der Waals surface area contributed by atoms with Gasteiger partial charge in [-0.1, -0.05) is 24.8 Å². The average Bonchev–Trinajstić information content (AvgIpc) is 2.55. The fraction of sp³-hybridized carbons (Fsp3) is 0. The molecule has 3 rings (SSSR count). The number of anilines is 2. The summed E-state index contributed by atoms with van der Waals surface area (Å²) < 4.78 is 12.8. The third kappa shape index (κ3) is 3.03. The van der Waals surface area contributed by atoms with E-state index in [-0.39, 0.29) is 0 Å². The Kier molecular flexibility index (Phi) is 3.76. The van der Waals surface area contributed by atoms with Crippen LogP contribution in [0.1, 0.15) is 0 Å². The number of nitrogens with zero attached hydrogens (tertiary/aromatic N) is 1. The highest BCUT2D eigenvalue weighted by Crippen LogP contribution is 2.28. The Morgan fingerprint density at radius 2 is 1.91 bits per heavy atom. The second-order valence-corrected chi connectivity index (χ2v) is 5.07. The number of amides is 1. The lowest BCUT2D eigenvalue weighted by Crippen LogP contribution is -2.10. The number of pyridine rings is 1. The lowest BCUT2D eigenvalue weighted by Gasteiger charge is -2.08. The van der Waals surface area contributed by atoms with Gasteiger partial charge in [0.1, 0.15) is 0 Å². The van der Waals surface area contributed by atoms with Gasteiger partial charge in [0.15, 0.2) is 5.83 Å². The molecule has 0 atom stereocenters. The second-order valence-electron chi connectivity index (χ2n) is 5.07. The van der Waals surface area contributed by atoms with Crippen molar-refractivity contribution >= 4 is 28.2 Å². The fourth-order valence-corrected chi connectivity index (χ4v) is 2.32. The highest BCUT2D eigenvalue weighted by atomic mass is 19.1. The van der Waals surface area contributed by atoms with E-state index in [2.05, 4.69) is 16.9 Å². The molecule has 1 amide bonds. The van der Waals surface area contributed by atoms with Crippen LogP contribution in [0.3, 0.4) is 0 Å². The topological polar surface area (TPSA) is 68.0 Å². The number of nitrogens with two attached hydrogens (primary N) is 1. The van der Waals surface area contributed by atoms with Gasteiger partial charge in [-0.3, -0.25) is 9.78 Å². The molecule has 1 aromatic heterocycles. The molecular weight excluding hydrogens is 293 g/mol. The third-order valence-electron chi connectivity index (χ3n) is 3.48. The zero-order valence-corrected chi connectivity index (χ0v) is 12.2. The smallest absolute Gasteiger partial charge is 0.283 e. The summed E-state index contributed by atoms with van der Waals surface area (Å²) in [6.07, 6.45) is 1.66. The first-order valence-electron chi connectivity index (χ1n) is 6.95. The summed E-state index contributed by atoms with van der Waals surface area (Å²) in [6, 6.07) is 14.6. The van der Waals surface area contributed by atoms with Gasteiger partial charge < -0.3 is 11.1 Å². The summed E-state index contributed by atoms with van der Waals surface area (Å²) in [5.74, 6) is -1.88. The summed E-state index contributed by atoms with van der Waals surface area (Å²) in [5.41, 5.74) is 9.73. The van der Waals surface area contributed by atoms with Crippen molar-refractivity contribution in [1.29, 1.82) is 0 Å². The van der Waals surface area contributed by atoms with E-state index in [1.54, 1.807) is 30.5 Å². The maximum absolute atomic E-state index is 12.8. The van der Waals surface area contributed by atoms with Gasteiger partial charge in [-0.15, -0.1) is 0 Å². The van der Waals surface area contributed by atoms with E-state index >= 15 is 0 Å².